The molecule has 0 fully saturated rings. The summed E-state index contributed by atoms with van der Waals surface area (Å²) in [6.45, 7) is 1.99. The van der Waals surface area contributed by atoms with Crippen molar-refractivity contribution < 1.29 is 18.7 Å². The average molecular weight is 410 g/mol. The number of carbonyl (C=O) groups excluding carboxylic acids is 1. The molecule has 3 aliphatic rings. The van der Waals surface area contributed by atoms with Crippen molar-refractivity contribution in [1.82, 2.24) is 0 Å². The molecule has 5 heteroatoms. The number of benzene rings is 2. The quantitative estimate of drug-likeness (QED) is 0.435. The molecule has 3 atom stereocenters. The zero-order valence-corrected chi connectivity index (χ0v) is 16.7. The molecule has 2 aromatic carbocycles. The summed E-state index contributed by atoms with van der Waals surface area (Å²) in [5.41, 5.74) is 2.53. The normalized spacial score (nSPS) is 23.6. The van der Waals surface area contributed by atoms with Crippen molar-refractivity contribution in [3.05, 3.63) is 111 Å². The van der Waals surface area contributed by atoms with Gasteiger partial charge in [-0.15, -0.1) is 0 Å². The maximum atomic E-state index is 13.2. The Kier molecular flexibility index (Phi) is 3.81. The third kappa shape index (κ3) is 2.63. The van der Waals surface area contributed by atoms with Gasteiger partial charge in [0.1, 0.15) is 23.2 Å². The Hall–Kier alpha value is -3.86. The molecule has 0 saturated carbocycles. The topological polar surface area (TPSA) is 65.7 Å². The summed E-state index contributed by atoms with van der Waals surface area (Å²) in [5, 5.41) is 0.701. The molecular weight excluding hydrogens is 392 g/mol. The van der Waals surface area contributed by atoms with Crippen LogP contribution < -0.4 is 10.4 Å². The van der Waals surface area contributed by atoms with Crippen molar-refractivity contribution in [2.24, 2.45) is 5.92 Å². The number of ether oxygens (including phenoxy) is 2. The van der Waals surface area contributed by atoms with Crippen LogP contribution >= 0.6 is 0 Å². The van der Waals surface area contributed by atoms with Crippen molar-refractivity contribution in [2.45, 2.75) is 18.9 Å². The van der Waals surface area contributed by atoms with Gasteiger partial charge in [-0.1, -0.05) is 60.2 Å². The second-order valence-corrected chi connectivity index (χ2v) is 8.02. The SMILES string of the molecule is Cc1ccc(C2C3=C(Oc4c2c(=O)oc2ccccc42)C2C=CC=CC2OC3=O)cc1. The minimum absolute atomic E-state index is 0.246. The maximum absolute atomic E-state index is 13.2. The van der Waals surface area contributed by atoms with Crippen LogP contribution in [-0.2, 0) is 9.53 Å². The predicted molar refractivity (Wildman–Crippen MR) is 115 cm³/mol. The van der Waals surface area contributed by atoms with Crippen LogP contribution in [0.1, 0.15) is 22.6 Å². The largest absolute Gasteiger partial charge is 0.459 e. The van der Waals surface area contributed by atoms with Gasteiger partial charge in [0.05, 0.1) is 28.4 Å². The lowest BCUT2D eigenvalue weighted by Crippen LogP contribution is -2.40. The summed E-state index contributed by atoms with van der Waals surface area (Å²) in [5.74, 6) is -0.360. The molecule has 3 heterocycles. The van der Waals surface area contributed by atoms with Crippen LogP contribution in [0.15, 0.2) is 93.4 Å². The summed E-state index contributed by atoms with van der Waals surface area (Å²) in [7, 11) is 0. The first kappa shape index (κ1) is 18.0. The Morgan fingerprint density at radius 1 is 0.903 bits per heavy atom. The Morgan fingerprint density at radius 3 is 2.52 bits per heavy atom. The third-order valence-corrected chi connectivity index (χ3v) is 6.11. The number of allylic oxidation sites excluding steroid dienone is 2. The number of fused-ring (bicyclic) bond motifs is 5. The highest BCUT2D eigenvalue weighted by atomic mass is 16.6. The van der Waals surface area contributed by atoms with Gasteiger partial charge in [0.15, 0.2) is 0 Å². The van der Waals surface area contributed by atoms with Gasteiger partial charge >= 0.3 is 11.6 Å². The first-order chi connectivity index (χ1) is 15.1. The van der Waals surface area contributed by atoms with Gasteiger partial charge in [-0.25, -0.2) is 9.59 Å². The summed E-state index contributed by atoms with van der Waals surface area (Å²) in [6, 6.07) is 15.1. The smallest absolute Gasteiger partial charge is 0.344 e. The van der Waals surface area contributed by atoms with Crippen LogP contribution in [0.5, 0.6) is 5.75 Å². The molecular formula is C26H18O5. The minimum atomic E-state index is -0.632. The van der Waals surface area contributed by atoms with Gasteiger partial charge in [-0.2, -0.15) is 0 Å². The highest BCUT2D eigenvalue weighted by molar-refractivity contribution is 5.96. The molecule has 31 heavy (non-hydrogen) atoms. The van der Waals surface area contributed by atoms with E-state index in [1.54, 1.807) is 6.07 Å². The summed E-state index contributed by atoms with van der Waals surface area (Å²) < 4.78 is 17.7. The number of rotatable bonds is 1. The fraction of sp³-hybridized carbons (Fsp3) is 0.154. The predicted octanol–water partition coefficient (Wildman–Crippen LogP) is 4.55. The van der Waals surface area contributed by atoms with Crippen molar-refractivity contribution in [3.63, 3.8) is 0 Å². The number of esters is 1. The van der Waals surface area contributed by atoms with Crippen LogP contribution in [0.25, 0.3) is 11.0 Å². The van der Waals surface area contributed by atoms with Crippen molar-refractivity contribution >= 4 is 16.9 Å². The van der Waals surface area contributed by atoms with E-state index >= 15 is 0 Å². The molecule has 2 aliphatic heterocycles. The van der Waals surface area contributed by atoms with Gasteiger partial charge in [0, 0.05) is 0 Å². The summed E-state index contributed by atoms with van der Waals surface area (Å²) in [4.78, 5) is 26.3. The van der Waals surface area contributed by atoms with Crippen LogP contribution in [0, 0.1) is 12.8 Å². The lowest BCUT2D eigenvalue weighted by Gasteiger charge is -2.38. The molecule has 0 bridgehead atoms. The lowest BCUT2D eigenvalue weighted by molar-refractivity contribution is -0.146. The highest BCUT2D eigenvalue weighted by Crippen LogP contribution is 2.49. The fourth-order valence-electron chi connectivity index (χ4n) is 4.63. The van der Waals surface area contributed by atoms with Crippen LogP contribution in [-0.4, -0.2) is 12.1 Å². The van der Waals surface area contributed by atoms with Crippen molar-refractivity contribution in [3.8, 4) is 5.75 Å². The van der Waals surface area contributed by atoms with E-state index in [1.807, 2.05) is 73.7 Å². The third-order valence-electron chi connectivity index (χ3n) is 6.11. The molecule has 3 aromatic rings. The molecule has 3 unspecified atom stereocenters. The highest BCUT2D eigenvalue weighted by Gasteiger charge is 2.46. The first-order valence-corrected chi connectivity index (χ1v) is 10.2. The van der Waals surface area contributed by atoms with E-state index in [2.05, 4.69) is 0 Å². The number of hydrogen-bond donors (Lipinski definition) is 0. The molecule has 0 radical (unpaired) electrons. The zero-order chi connectivity index (χ0) is 21.1. The van der Waals surface area contributed by atoms with E-state index in [-0.39, 0.29) is 5.92 Å². The van der Waals surface area contributed by atoms with Gasteiger partial charge in [-0.05, 0) is 30.7 Å². The monoisotopic (exact) mass is 410 g/mol. The average Bonchev–Trinajstić information content (AvgIpc) is 2.79. The molecule has 0 spiro atoms. The van der Waals surface area contributed by atoms with Gasteiger partial charge < -0.3 is 13.9 Å². The molecule has 5 nitrogen and oxygen atoms in total. The van der Waals surface area contributed by atoms with E-state index in [1.165, 1.54) is 0 Å². The van der Waals surface area contributed by atoms with E-state index in [0.29, 0.717) is 33.6 Å². The lowest BCUT2D eigenvalue weighted by atomic mass is 9.77. The second-order valence-electron chi connectivity index (χ2n) is 8.02. The number of hydrogen-bond acceptors (Lipinski definition) is 5. The molecule has 1 aromatic heterocycles. The Morgan fingerprint density at radius 2 is 1.68 bits per heavy atom. The second kappa shape index (κ2) is 6.57. The van der Waals surface area contributed by atoms with Crippen LogP contribution in [0.2, 0.25) is 0 Å². The zero-order valence-electron chi connectivity index (χ0n) is 16.7. The molecule has 6 rings (SSSR count). The molecule has 1 aliphatic carbocycles. The Labute approximate surface area is 177 Å². The van der Waals surface area contributed by atoms with Crippen LogP contribution in [0.4, 0.5) is 0 Å². The number of para-hydroxylation sites is 1. The Balaban J connectivity index is 1.68. The van der Waals surface area contributed by atoms with E-state index in [0.717, 1.165) is 11.1 Å². The van der Waals surface area contributed by atoms with Gasteiger partial charge in [-0.3, -0.25) is 0 Å². The number of aryl methyl sites for hydroxylation is 1. The van der Waals surface area contributed by atoms with E-state index in [4.69, 9.17) is 13.9 Å². The number of carbonyl (C=O) groups is 1. The van der Waals surface area contributed by atoms with E-state index in [9.17, 15) is 9.59 Å². The van der Waals surface area contributed by atoms with Gasteiger partial charge in [0.25, 0.3) is 0 Å². The fourth-order valence-corrected chi connectivity index (χ4v) is 4.63. The molecule has 0 N–H and O–H groups in total. The summed E-state index contributed by atoms with van der Waals surface area (Å²) >= 11 is 0. The maximum Gasteiger partial charge on any atom is 0.344 e. The molecule has 0 saturated heterocycles. The standard InChI is InChI=1S/C26H18O5/c1-14-10-12-15(13-11-14)20-21-23(16-6-2-4-8-18(16)29-25(21)27)31-24-17-7-3-5-9-19(17)30-26(28)22(20)24/h2-13,16,18,20H,1H3. The molecule has 0 amide bonds. The van der Waals surface area contributed by atoms with Crippen molar-refractivity contribution in [2.75, 3.05) is 0 Å². The molecule has 152 valence electrons. The van der Waals surface area contributed by atoms with E-state index < -0.39 is 23.6 Å². The minimum Gasteiger partial charge on any atom is -0.459 e. The summed E-state index contributed by atoms with van der Waals surface area (Å²) in [6.07, 6.45) is 7.17. The first-order valence-electron chi connectivity index (χ1n) is 10.2. The van der Waals surface area contributed by atoms with Crippen molar-refractivity contribution in [1.29, 1.82) is 0 Å². The van der Waals surface area contributed by atoms with Crippen LogP contribution in [0.3, 0.4) is 0 Å². The Bertz CT molecular complexity index is 1390. The van der Waals surface area contributed by atoms with Gasteiger partial charge in [0.2, 0.25) is 0 Å².